The highest BCUT2D eigenvalue weighted by atomic mass is 127. The summed E-state index contributed by atoms with van der Waals surface area (Å²) in [5, 5.41) is 3.63. The monoisotopic (exact) mass is 421 g/mol. The van der Waals surface area contributed by atoms with Gasteiger partial charge in [0.25, 0.3) is 5.91 Å². The van der Waals surface area contributed by atoms with E-state index in [4.69, 9.17) is 27.9 Å². The Bertz CT molecular complexity index is 617. The molecule has 0 unspecified atom stereocenters. The van der Waals surface area contributed by atoms with Crippen LogP contribution in [0.3, 0.4) is 0 Å². The van der Waals surface area contributed by atoms with E-state index in [-0.39, 0.29) is 12.5 Å². The van der Waals surface area contributed by atoms with Crippen LogP contribution in [0, 0.1) is 3.57 Å². The number of hydrogen-bond donors (Lipinski definition) is 1. The topological polar surface area (TPSA) is 38.3 Å². The van der Waals surface area contributed by atoms with Crippen LogP contribution in [-0.4, -0.2) is 12.5 Å². The molecule has 104 valence electrons. The van der Waals surface area contributed by atoms with Crippen molar-refractivity contribution in [2.75, 3.05) is 11.9 Å². The SMILES string of the molecule is O=C(COc1ccc(Cl)cc1Cl)Nc1ccc(I)cc1. The first-order chi connectivity index (χ1) is 9.54. The minimum atomic E-state index is -0.253. The summed E-state index contributed by atoms with van der Waals surface area (Å²) in [4.78, 5) is 11.7. The van der Waals surface area contributed by atoms with Crippen LogP contribution in [-0.2, 0) is 4.79 Å². The van der Waals surface area contributed by atoms with Gasteiger partial charge in [-0.3, -0.25) is 4.79 Å². The molecular formula is C14H10Cl2INO2. The van der Waals surface area contributed by atoms with E-state index in [9.17, 15) is 4.79 Å². The maximum atomic E-state index is 11.7. The van der Waals surface area contributed by atoms with Crippen LogP contribution in [0.25, 0.3) is 0 Å². The van der Waals surface area contributed by atoms with E-state index >= 15 is 0 Å². The van der Waals surface area contributed by atoms with Gasteiger partial charge in [0, 0.05) is 14.3 Å². The van der Waals surface area contributed by atoms with E-state index in [0.29, 0.717) is 15.8 Å². The molecule has 0 aliphatic heterocycles. The first-order valence-corrected chi connectivity index (χ1v) is 7.51. The number of halogens is 3. The lowest BCUT2D eigenvalue weighted by Gasteiger charge is -2.09. The normalized spacial score (nSPS) is 10.2. The highest BCUT2D eigenvalue weighted by molar-refractivity contribution is 14.1. The molecule has 0 saturated carbocycles. The van der Waals surface area contributed by atoms with Crippen LogP contribution in [0.4, 0.5) is 5.69 Å². The second kappa shape index (κ2) is 7.15. The predicted molar refractivity (Wildman–Crippen MR) is 89.7 cm³/mol. The van der Waals surface area contributed by atoms with Crippen molar-refractivity contribution in [3.63, 3.8) is 0 Å². The Morgan fingerprint density at radius 2 is 1.85 bits per heavy atom. The number of nitrogens with one attached hydrogen (secondary N) is 1. The van der Waals surface area contributed by atoms with Gasteiger partial charge in [-0.15, -0.1) is 0 Å². The molecule has 0 aromatic heterocycles. The molecule has 0 aliphatic carbocycles. The van der Waals surface area contributed by atoms with Crippen molar-refractivity contribution in [2.24, 2.45) is 0 Å². The Kier molecular flexibility index (Phi) is 5.51. The van der Waals surface area contributed by atoms with E-state index in [0.717, 1.165) is 9.26 Å². The third-order valence-corrected chi connectivity index (χ3v) is 3.63. The molecule has 3 nitrogen and oxygen atoms in total. The number of carbonyl (C=O) groups excluding carboxylic acids is 1. The van der Waals surface area contributed by atoms with Crippen molar-refractivity contribution in [2.45, 2.75) is 0 Å². The van der Waals surface area contributed by atoms with Gasteiger partial charge in [0.1, 0.15) is 5.75 Å². The zero-order valence-corrected chi connectivity index (χ0v) is 13.9. The molecule has 2 aromatic rings. The van der Waals surface area contributed by atoms with E-state index in [1.54, 1.807) is 18.2 Å². The lowest BCUT2D eigenvalue weighted by molar-refractivity contribution is -0.118. The smallest absolute Gasteiger partial charge is 0.262 e. The molecule has 0 bridgehead atoms. The van der Waals surface area contributed by atoms with Gasteiger partial charge < -0.3 is 10.1 Å². The molecule has 0 aliphatic rings. The largest absolute Gasteiger partial charge is 0.482 e. The molecule has 2 rings (SSSR count). The first-order valence-electron chi connectivity index (χ1n) is 5.68. The van der Waals surface area contributed by atoms with Gasteiger partial charge in [0.05, 0.1) is 5.02 Å². The van der Waals surface area contributed by atoms with Crippen LogP contribution >= 0.6 is 45.8 Å². The van der Waals surface area contributed by atoms with Crippen molar-refractivity contribution in [1.82, 2.24) is 0 Å². The summed E-state index contributed by atoms with van der Waals surface area (Å²) in [6.07, 6.45) is 0. The van der Waals surface area contributed by atoms with E-state index in [1.165, 1.54) is 0 Å². The molecule has 0 radical (unpaired) electrons. The molecule has 20 heavy (non-hydrogen) atoms. The second-order valence-electron chi connectivity index (χ2n) is 3.92. The van der Waals surface area contributed by atoms with Crippen LogP contribution in [0.2, 0.25) is 10.0 Å². The Morgan fingerprint density at radius 3 is 2.50 bits per heavy atom. The minimum absolute atomic E-state index is 0.118. The van der Waals surface area contributed by atoms with Crippen LogP contribution in [0.15, 0.2) is 42.5 Å². The van der Waals surface area contributed by atoms with Crippen molar-refractivity contribution < 1.29 is 9.53 Å². The van der Waals surface area contributed by atoms with Gasteiger partial charge in [-0.2, -0.15) is 0 Å². The summed E-state index contributed by atoms with van der Waals surface area (Å²) in [6, 6.07) is 12.3. The maximum Gasteiger partial charge on any atom is 0.262 e. The molecule has 1 amide bonds. The molecule has 0 saturated heterocycles. The summed E-state index contributed by atoms with van der Waals surface area (Å²) < 4.78 is 6.45. The third kappa shape index (κ3) is 4.54. The average molecular weight is 422 g/mol. The predicted octanol–water partition coefficient (Wildman–Crippen LogP) is 4.62. The lowest BCUT2D eigenvalue weighted by Crippen LogP contribution is -2.20. The molecule has 6 heteroatoms. The van der Waals surface area contributed by atoms with Crippen molar-refractivity contribution in [3.05, 3.63) is 56.1 Å². The summed E-state index contributed by atoms with van der Waals surface area (Å²) in [7, 11) is 0. The summed E-state index contributed by atoms with van der Waals surface area (Å²) in [5.74, 6) is 0.172. The number of ether oxygens (including phenoxy) is 1. The average Bonchev–Trinajstić information content (AvgIpc) is 2.40. The number of benzene rings is 2. The van der Waals surface area contributed by atoms with Crippen molar-refractivity contribution >= 4 is 57.4 Å². The quantitative estimate of drug-likeness (QED) is 0.731. The van der Waals surface area contributed by atoms with Gasteiger partial charge in [-0.05, 0) is 65.1 Å². The standard InChI is InChI=1S/C14H10Cl2INO2/c15-9-1-6-13(12(16)7-9)20-8-14(19)18-11-4-2-10(17)3-5-11/h1-7H,8H2,(H,18,19). The van der Waals surface area contributed by atoms with Crippen molar-refractivity contribution in [1.29, 1.82) is 0 Å². The zero-order valence-electron chi connectivity index (χ0n) is 10.2. The number of rotatable bonds is 4. The van der Waals surface area contributed by atoms with Gasteiger partial charge >= 0.3 is 0 Å². The molecule has 0 atom stereocenters. The highest BCUT2D eigenvalue weighted by Crippen LogP contribution is 2.27. The fourth-order valence-electron chi connectivity index (χ4n) is 1.47. The van der Waals surface area contributed by atoms with Crippen LogP contribution in [0.1, 0.15) is 0 Å². The fourth-order valence-corrected chi connectivity index (χ4v) is 2.29. The van der Waals surface area contributed by atoms with Gasteiger partial charge in [0.15, 0.2) is 6.61 Å². The van der Waals surface area contributed by atoms with E-state index < -0.39 is 0 Å². The number of anilines is 1. The van der Waals surface area contributed by atoms with Crippen LogP contribution in [0.5, 0.6) is 5.75 Å². The van der Waals surface area contributed by atoms with Crippen LogP contribution < -0.4 is 10.1 Å². The molecule has 0 heterocycles. The number of hydrogen-bond acceptors (Lipinski definition) is 2. The first kappa shape index (κ1) is 15.4. The Hall–Kier alpha value is -0.980. The zero-order chi connectivity index (χ0) is 14.5. The molecule has 2 aromatic carbocycles. The number of amides is 1. The lowest BCUT2D eigenvalue weighted by atomic mass is 10.3. The van der Waals surface area contributed by atoms with E-state index in [2.05, 4.69) is 27.9 Å². The highest BCUT2D eigenvalue weighted by Gasteiger charge is 2.07. The Balaban J connectivity index is 1.90. The molecule has 1 N–H and O–H groups in total. The van der Waals surface area contributed by atoms with Crippen molar-refractivity contribution in [3.8, 4) is 5.75 Å². The summed E-state index contributed by atoms with van der Waals surface area (Å²) in [6.45, 7) is -0.118. The molecule has 0 spiro atoms. The molecular weight excluding hydrogens is 412 g/mol. The second-order valence-corrected chi connectivity index (χ2v) is 6.01. The fraction of sp³-hybridized carbons (Fsp3) is 0.0714. The Morgan fingerprint density at radius 1 is 1.15 bits per heavy atom. The van der Waals surface area contributed by atoms with Gasteiger partial charge in [-0.1, -0.05) is 23.2 Å². The minimum Gasteiger partial charge on any atom is -0.482 e. The summed E-state index contributed by atoms with van der Waals surface area (Å²) in [5.41, 5.74) is 0.723. The van der Waals surface area contributed by atoms with Gasteiger partial charge in [-0.25, -0.2) is 0 Å². The number of carbonyl (C=O) groups is 1. The maximum absolute atomic E-state index is 11.7. The third-order valence-electron chi connectivity index (χ3n) is 2.38. The molecule has 0 fully saturated rings. The van der Waals surface area contributed by atoms with Gasteiger partial charge in [0.2, 0.25) is 0 Å². The van der Waals surface area contributed by atoms with E-state index in [1.807, 2.05) is 24.3 Å². The Labute approximate surface area is 140 Å². The summed E-state index contributed by atoms with van der Waals surface area (Å²) >= 11 is 13.9.